The van der Waals surface area contributed by atoms with E-state index in [1.807, 2.05) is 0 Å². The first-order valence-corrected chi connectivity index (χ1v) is 5.52. The zero-order chi connectivity index (χ0) is 12.4. The molecule has 17 heavy (non-hydrogen) atoms. The molecule has 0 saturated carbocycles. The van der Waals surface area contributed by atoms with E-state index in [-0.39, 0.29) is 5.91 Å². The molecule has 1 aromatic carbocycles. The molecule has 1 atom stereocenters. The lowest BCUT2D eigenvalue weighted by molar-refractivity contribution is 0.0765. The fraction of sp³-hybridized carbons (Fsp3) is 0.417. The van der Waals surface area contributed by atoms with Gasteiger partial charge in [0, 0.05) is 18.7 Å². The summed E-state index contributed by atoms with van der Waals surface area (Å²) in [5.74, 6) is 0.457. The summed E-state index contributed by atoms with van der Waals surface area (Å²) < 4.78 is 5.03. The molecule has 1 aliphatic rings. The van der Waals surface area contributed by atoms with E-state index in [0.29, 0.717) is 36.5 Å². The normalized spacial score (nSPS) is 19.4. The third kappa shape index (κ3) is 2.34. The zero-order valence-electron chi connectivity index (χ0n) is 9.72. The summed E-state index contributed by atoms with van der Waals surface area (Å²) in [4.78, 5) is 13.7. The van der Waals surface area contributed by atoms with Gasteiger partial charge in [-0.15, -0.1) is 0 Å². The Labute approximate surface area is 99.8 Å². The molecule has 0 bridgehead atoms. The number of rotatable bonds is 2. The minimum absolute atomic E-state index is 0.101. The number of β-amino-alcohol motifs (C(OH)–C–C–N with tert-alkyl or cyclic N) is 1. The molecule has 0 aliphatic carbocycles. The van der Waals surface area contributed by atoms with Crippen molar-refractivity contribution in [2.75, 3.05) is 25.9 Å². The second-order valence-electron chi connectivity index (χ2n) is 4.15. The number of aliphatic hydroxyl groups is 1. The number of nitrogens with two attached hydrogens (primary N) is 1. The number of aliphatic hydroxyl groups excluding tert-OH is 1. The monoisotopic (exact) mass is 236 g/mol. The van der Waals surface area contributed by atoms with E-state index in [1.165, 1.54) is 7.11 Å². The average molecular weight is 236 g/mol. The lowest BCUT2D eigenvalue weighted by atomic mass is 10.1. The minimum Gasteiger partial charge on any atom is -0.495 e. The van der Waals surface area contributed by atoms with Crippen LogP contribution in [0.25, 0.3) is 0 Å². The molecule has 1 fully saturated rings. The number of nitrogen functional groups attached to an aromatic ring is 1. The number of hydrogen-bond donors (Lipinski definition) is 2. The number of anilines is 1. The van der Waals surface area contributed by atoms with Crippen molar-refractivity contribution in [3.63, 3.8) is 0 Å². The number of benzene rings is 1. The Morgan fingerprint density at radius 2 is 2.35 bits per heavy atom. The first-order chi connectivity index (χ1) is 8.11. The van der Waals surface area contributed by atoms with Gasteiger partial charge in [0.2, 0.25) is 0 Å². The van der Waals surface area contributed by atoms with Gasteiger partial charge in [-0.1, -0.05) is 0 Å². The second-order valence-corrected chi connectivity index (χ2v) is 4.15. The van der Waals surface area contributed by atoms with Crippen LogP contribution in [0.1, 0.15) is 16.8 Å². The molecule has 1 aromatic rings. The standard InChI is InChI=1S/C12H16N2O3/c1-17-11-3-2-8(6-10(11)13)12(16)14-5-4-9(15)7-14/h2-3,6,9,15H,4-5,7,13H2,1H3/t9-/m0/s1. The minimum atomic E-state index is -0.408. The Balaban J connectivity index is 2.17. The first kappa shape index (κ1) is 11.7. The van der Waals surface area contributed by atoms with Gasteiger partial charge >= 0.3 is 0 Å². The maximum atomic E-state index is 12.1. The number of carbonyl (C=O) groups is 1. The van der Waals surface area contributed by atoms with Crippen LogP contribution in [0.15, 0.2) is 18.2 Å². The van der Waals surface area contributed by atoms with Crippen LogP contribution in [0.2, 0.25) is 0 Å². The third-order valence-electron chi connectivity index (χ3n) is 2.93. The number of likely N-dealkylation sites (tertiary alicyclic amines) is 1. The molecule has 0 radical (unpaired) electrons. The van der Waals surface area contributed by atoms with Gasteiger partial charge in [0.15, 0.2) is 0 Å². The van der Waals surface area contributed by atoms with Crippen molar-refractivity contribution in [2.45, 2.75) is 12.5 Å². The van der Waals surface area contributed by atoms with Crippen molar-refractivity contribution in [1.29, 1.82) is 0 Å². The van der Waals surface area contributed by atoms with Crippen LogP contribution in [0, 0.1) is 0 Å². The number of ether oxygens (including phenoxy) is 1. The van der Waals surface area contributed by atoms with Crippen LogP contribution < -0.4 is 10.5 Å². The topological polar surface area (TPSA) is 75.8 Å². The molecule has 0 spiro atoms. The van der Waals surface area contributed by atoms with Crippen molar-refractivity contribution in [3.05, 3.63) is 23.8 Å². The first-order valence-electron chi connectivity index (χ1n) is 5.52. The van der Waals surface area contributed by atoms with E-state index >= 15 is 0 Å². The van der Waals surface area contributed by atoms with Gasteiger partial charge < -0.3 is 20.5 Å². The fourth-order valence-corrected chi connectivity index (χ4v) is 1.98. The van der Waals surface area contributed by atoms with Crippen LogP contribution >= 0.6 is 0 Å². The number of amides is 1. The SMILES string of the molecule is COc1ccc(C(=O)N2CC[C@H](O)C2)cc1N. The lowest BCUT2D eigenvalue weighted by Crippen LogP contribution is -2.29. The van der Waals surface area contributed by atoms with Crippen molar-refractivity contribution in [2.24, 2.45) is 0 Å². The van der Waals surface area contributed by atoms with E-state index < -0.39 is 6.10 Å². The zero-order valence-corrected chi connectivity index (χ0v) is 9.72. The van der Waals surface area contributed by atoms with E-state index in [0.717, 1.165) is 0 Å². The lowest BCUT2D eigenvalue weighted by Gasteiger charge is -2.16. The highest BCUT2D eigenvalue weighted by atomic mass is 16.5. The predicted molar refractivity (Wildman–Crippen MR) is 63.9 cm³/mol. The molecule has 0 aromatic heterocycles. The van der Waals surface area contributed by atoms with Crippen LogP contribution in [-0.4, -0.2) is 42.2 Å². The molecule has 1 amide bonds. The van der Waals surface area contributed by atoms with Gasteiger partial charge in [-0.05, 0) is 24.6 Å². The van der Waals surface area contributed by atoms with Crippen LogP contribution in [0.3, 0.4) is 0 Å². The maximum Gasteiger partial charge on any atom is 0.254 e. The molecule has 1 heterocycles. The highest BCUT2D eigenvalue weighted by Crippen LogP contribution is 2.23. The molecule has 3 N–H and O–H groups in total. The van der Waals surface area contributed by atoms with Crippen LogP contribution in [-0.2, 0) is 0 Å². The summed E-state index contributed by atoms with van der Waals surface area (Å²) in [6.45, 7) is 0.983. The molecule has 5 heteroatoms. The van der Waals surface area contributed by atoms with Gasteiger partial charge in [0.25, 0.3) is 5.91 Å². The number of methoxy groups -OCH3 is 1. The summed E-state index contributed by atoms with van der Waals surface area (Å²) >= 11 is 0. The van der Waals surface area contributed by atoms with E-state index in [9.17, 15) is 9.90 Å². The largest absolute Gasteiger partial charge is 0.495 e. The summed E-state index contributed by atoms with van der Waals surface area (Å²) in [5.41, 5.74) is 6.72. The van der Waals surface area contributed by atoms with Crippen molar-refractivity contribution >= 4 is 11.6 Å². The number of nitrogens with zero attached hydrogens (tertiary/aromatic N) is 1. The van der Waals surface area contributed by atoms with Gasteiger partial charge in [-0.3, -0.25) is 4.79 Å². The molecular weight excluding hydrogens is 220 g/mol. The summed E-state index contributed by atoms with van der Waals surface area (Å²) in [5, 5.41) is 9.39. The van der Waals surface area contributed by atoms with E-state index in [1.54, 1.807) is 23.1 Å². The summed E-state index contributed by atoms with van der Waals surface area (Å²) in [7, 11) is 1.53. The van der Waals surface area contributed by atoms with E-state index in [4.69, 9.17) is 10.5 Å². The highest BCUT2D eigenvalue weighted by Gasteiger charge is 2.25. The Kier molecular flexibility index (Phi) is 3.19. The maximum absolute atomic E-state index is 12.1. The summed E-state index contributed by atoms with van der Waals surface area (Å²) in [6.07, 6.45) is 0.228. The van der Waals surface area contributed by atoms with Gasteiger partial charge in [0.05, 0.1) is 18.9 Å². The fourth-order valence-electron chi connectivity index (χ4n) is 1.98. The van der Waals surface area contributed by atoms with Crippen LogP contribution in [0.4, 0.5) is 5.69 Å². The van der Waals surface area contributed by atoms with Crippen molar-refractivity contribution in [1.82, 2.24) is 4.90 Å². The molecule has 5 nitrogen and oxygen atoms in total. The Morgan fingerprint density at radius 3 is 2.88 bits per heavy atom. The van der Waals surface area contributed by atoms with E-state index in [2.05, 4.69) is 0 Å². The summed E-state index contributed by atoms with van der Waals surface area (Å²) in [6, 6.07) is 4.96. The quantitative estimate of drug-likeness (QED) is 0.732. The molecule has 0 unspecified atom stereocenters. The number of carbonyl (C=O) groups excluding carboxylic acids is 1. The van der Waals surface area contributed by atoms with Crippen LogP contribution in [0.5, 0.6) is 5.75 Å². The molecular formula is C12H16N2O3. The predicted octanol–water partition coefficient (Wildman–Crippen LogP) is 0.484. The van der Waals surface area contributed by atoms with Gasteiger partial charge in [0.1, 0.15) is 5.75 Å². The second kappa shape index (κ2) is 4.63. The smallest absolute Gasteiger partial charge is 0.254 e. The van der Waals surface area contributed by atoms with Gasteiger partial charge in [-0.2, -0.15) is 0 Å². The Morgan fingerprint density at radius 1 is 1.59 bits per heavy atom. The average Bonchev–Trinajstić information content (AvgIpc) is 2.75. The molecule has 1 saturated heterocycles. The highest BCUT2D eigenvalue weighted by molar-refractivity contribution is 5.95. The van der Waals surface area contributed by atoms with Crippen molar-refractivity contribution < 1.29 is 14.6 Å². The molecule has 1 aliphatic heterocycles. The molecule has 92 valence electrons. The third-order valence-corrected chi connectivity index (χ3v) is 2.93. The molecule has 2 rings (SSSR count). The van der Waals surface area contributed by atoms with Gasteiger partial charge in [-0.25, -0.2) is 0 Å². The number of hydrogen-bond acceptors (Lipinski definition) is 4. The van der Waals surface area contributed by atoms with Crippen molar-refractivity contribution in [3.8, 4) is 5.75 Å². The Hall–Kier alpha value is -1.75. The Bertz CT molecular complexity index is 434.